The quantitative estimate of drug-likeness (QED) is 0.732. The van der Waals surface area contributed by atoms with E-state index in [9.17, 15) is 14.7 Å². The van der Waals surface area contributed by atoms with Crippen LogP contribution in [0.25, 0.3) is 16.3 Å². The summed E-state index contributed by atoms with van der Waals surface area (Å²) in [5, 5.41) is 15.9. The Balaban J connectivity index is 1.72. The molecule has 0 aliphatic carbocycles. The Hall–Kier alpha value is -2.97. The van der Waals surface area contributed by atoms with Gasteiger partial charge in [0, 0.05) is 12.7 Å². The molecular formula is C20H19N3O4S. The van der Waals surface area contributed by atoms with Crippen LogP contribution in [0.5, 0.6) is 0 Å². The predicted molar refractivity (Wildman–Crippen MR) is 105 cm³/mol. The number of carboxylic acids is 1. The third-order valence-corrected chi connectivity index (χ3v) is 5.42. The second kappa shape index (κ2) is 7.57. The van der Waals surface area contributed by atoms with Gasteiger partial charge in [0.05, 0.1) is 28.8 Å². The van der Waals surface area contributed by atoms with E-state index in [1.807, 2.05) is 47.8 Å². The van der Waals surface area contributed by atoms with Gasteiger partial charge in [0.25, 0.3) is 5.91 Å². The van der Waals surface area contributed by atoms with Crippen molar-refractivity contribution in [1.82, 2.24) is 14.7 Å². The minimum atomic E-state index is -1.07. The molecule has 1 N–H and O–H groups in total. The van der Waals surface area contributed by atoms with Crippen LogP contribution in [0.1, 0.15) is 17.3 Å². The summed E-state index contributed by atoms with van der Waals surface area (Å²) in [4.78, 5) is 27.1. The van der Waals surface area contributed by atoms with Gasteiger partial charge in [-0.1, -0.05) is 24.3 Å². The van der Waals surface area contributed by atoms with Gasteiger partial charge in [0.1, 0.15) is 5.69 Å². The molecule has 0 radical (unpaired) electrons. The summed E-state index contributed by atoms with van der Waals surface area (Å²) in [6.07, 6.45) is 0.332. The van der Waals surface area contributed by atoms with Crippen molar-refractivity contribution in [2.45, 2.75) is 19.1 Å². The van der Waals surface area contributed by atoms with E-state index in [-0.39, 0.29) is 18.6 Å². The van der Waals surface area contributed by atoms with Crippen LogP contribution in [-0.2, 0) is 9.53 Å². The van der Waals surface area contributed by atoms with E-state index in [0.717, 1.165) is 10.6 Å². The molecule has 0 spiro atoms. The van der Waals surface area contributed by atoms with Crippen molar-refractivity contribution in [3.05, 3.63) is 59.6 Å². The Labute approximate surface area is 165 Å². The van der Waals surface area contributed by atoms with Crippen molar-refractivity contribution >= 4 is 23.2 Å². The molecule has 7 nitrogen and oxygen atoms in total. The standard InChI is InChI=1S/C20H19N3O4S/c1-13-10-22(12-16(27-13)20(25)26)19(24)15-11-23(14-6-3-2-4-7-14)21-18(15)17-8-5-9-28-17/h2-9,11,13,16H,10,12H2,1H3,(H,25,26)/t13-,16?/m1/s1. The first-order chi connectivity index (χ1) is 13.5. The van der Waals surface area contributed by atoms with E-state index in [4.69, 9.17) is 4.74 Å². The number of thiophene rings is 1. The molecule has 1 aliphatic heterocycles. The van der Waals surface area contributed by atoms with Crippen molar-refractivity contribution in [2.75, 3.05) is 13.1 Å². The average Bonchev–Trinajstić information content (AvgIpc) is 3.37. The number of para-hydroxylation sites is 1. The fourth-order valence-corrected chi connectivity index (χ4v) is 3.99. The lowest BCUT2D eigenvalue weighted by molar-refractivity contribution is -0.160. The van der Waals surface area contributed by atoms with Gasteiger partial charge in [0.15, 0.2) is 6.10 Å². The Morgan fingerprint density at radius 3 is 2.64 bits per heavy atom. The maximum absolute atomic E-state index is 13.3. The van der Waals surface area contributed by atoms with Gasteiger partial charge in [-0.2, -0.15) is 5.10 Å². The summed E-state index contributed by atoms with van der Waals surface area (Å²) in [6.45, 7) is 2.12. The first-order valence-corrected chi connectivity index (χ1v) is 9.77. The summed E-state index contributed by atoms with van der Waals surface area (Å²) < 4.78 is 7.11. The smallest absolute Gasteiger partial charge is 0.334 e. The number of aliphatic carboxylic acids is 1. The maximum Gasteiger partial charge on any atom is 0.334 e. The van der Waals surface area contributed by atoms with Crippen LogP contribution in [0.3, 0.4) is 0 Å². The third kappa shape index (κ3) is 3.56. The van der Waals surface area contributed by atoms with Gasteiger partial charge < -0.3 is 14.7 Å². The van der Waals surface area contributed by atoms with E-state index in [0.29, 0.717) is 17.8 Å². The minimum absolute atomic E-state index is 0.0128. The number of amides is 1. The molecule has 2 atom stereocenters. The van der Waals surface area contributed by atoms with Gasteiger partial charge in [-0.15, -0.1) is 11.3 Å². The molecule has 1 saturated heterocycles. The highest BCUT2D eigenvalue weighted by Gasteiger charge is 2.34. The molecule has 3 aromatic rings. The van der Waals surface area contributed by atoms with Crippen molar-refractivity contribution in [3.63, 3.8) is 0 Å². The topological polar surface area (TPSA) is 84.7 Å². The molecule has 2 aromatic heterocycles. The van der Waals surface area contributed by atoms with E-state index in [1.165, 1.54) is 16.2 Å². The predicted octanol–water partition coefficient (Wildman–Crippen LogP) is 2.91. The Morgan fingerprint density at radius 1 is 1.18 bits per heavy atom. The molecule has 0 saturated carbocycles. The number of aromatic nitrogens is 2. The lowest BCUT2D eigenvalue weighted by Gasteiger charge is -2.34. The summed E-state index contributed by atoms with van der Waals surface area (Å²) in [7, 11) is 0. The normalized spacial score (nSPS) is 19.5. The minimum Gasteiger partial charge on any atom is -0.479 e. The highest BCUT2D eigenvalue weighted by molar-refractivity contribution is 7.13. The number of carbonyl (C=O) groups is 2. The van der Waals surface area contributed by atoms with Crippen LogP contribution < -0.4 is 0 Å². The average molecular weight is 397 g/mol. The lowest BCUT2D eigenvalue weighted by atomic mass is 10.1. The van der Waals surface area contributed by atoms with E-state index in [2.05, 4.69) is 5.10 Å². The number of benzene rings is 1. The van der Waals surface area contributed by atoms with E-state index >= 15 is 0 Å². The first-order valence-electron chi connectivity index (χ1n) is 8.89. The van der Waals surface area contributed by atoms with Gasteiger partial charge in [-0.25, -0.2) is 9.48 Å². The molecule has 1 unspecified atom stereocenters. The number of carboxylic acid groups (broad SMARTS) is 1. The number of carbonyl (C=O) groups excluding carboxylic acids is 1. The molecule has 1 aromatic carbocycles. The van der Waals surface area contributed by atoms with Crippen LogP contribution in [0.2, 0.25) is 0 Å². The molecular weight excluding hydrogens is 378 g/mol. The van der Waals surface area contributed by atoms with Gasteiger partial charge in [-0.05, 0) is 30.5 Å². The maximum atomic E-state index is 13.3. The second-order valence-corrected chi connectivity index (χ2v) is 7.58. The molecule has 3 heterocycles. The van der Waals surface area contributed by atoms with Crippen molar-refractivity contribution in [2.24, 2.45) is 0 Å². The molecule has 1 amide bonds. The zero-order chi connectivity index (χ0) is 19.7. The van der Waals surface area contributed by atoms with Gasteiger partial charge >= 0.3 is 5.97 Å². The highest BCUT2D eigenvalue weighted by Crippen LogP contribution is 2.29. The summed E-state index contributed by atoms with van der Waals surface area (Å²) in [6, 6.07) is 13.4. The summed E-state index contributed by atoms with van der Waals surface area (Å²) in [5.41, 5.74) is 1.89. The van der Waals surface area contributed by atoms with Gasteiger partial charge in [0.2, 0.25) is 0 Å². The van der Waals surface area contributed by atoms with Crippen LogP contribution in [-0.4, -0.2) is 57.0 Å². The molecule has 28 heavy (non-hydrogen) atoms. The number of nitrogens with zero attached hydrogens (tertiary/aromatic N) is 3. The largest absolute Gasteiger partial charge is 0.479 e. The molecule has 0 bridgehead atoms. The first kappa shape index (κ1) is 18.4. The fourth-order valence-electron chi connectivity index (χ4n) is 3.26. The van der Waals surface area contributed by atoms with Crippen molar-refractivity contribution < 1.29 is 19.4 Å². The molecule has 1 fully saturated rings. The molecule has 1 aliphatic rings. The fraction of sp³-hybridized carbons (Fsp3) is 0.250. The lowest BCUT2D eigenvalue weighted by Crippen LogP contribution is -2.51. The molecule has 144 valence electrons. The number of rotatable bonds is 4. The van der Waals surface area contributed by atoms with Crippen LogP contribution >= 0.6 is 11.3 Å². The van der Waals surface area contributed by atoms with Crippen LogP contribution in [0.15, 0.2) is 54.0 Å². The number of hydrogen-bond donors (Lipinski definition) is 1. The third-order valence-electron chi connectivity index (χ3n) is 4.54. The highest BCUT2D eigenvalue weighted by atomic mass is 32.1. The number of hydrogen-bond acceptors (Lipinski definition) is 5. The Morgan fingerprint density at radius 2 is 1.96 bits per heavy atom. The zero-order valence-electron chi connectivity index (χ0n) is 15.2. The van der Waals surface area contributed by atoms with Crippen LogP contribution in [0.4, 0.5) is 0 Å². The van der Waals surface area contributed by atoms with E-state index < -0.39 is 12.1 Å². The van der Waals surface area contributed by atoms with Gasteiger partial charge in [-0.3, -0.25) is 4.79 Å². The Bertz CT molecular complexity index is 984. The number of ether oxygens (including phenoxy) is 1. The SMILES string of the molecule is C[C@@H]1CN(C(=O)c2cn(-c3ccccc3)nc2-c2cccs2)CC(C(=O)O)O1. The van der Waals surface area contributed by atoms with Crippen LogP contribution in [0, 0.1) is 0 Å². The molecule has 4 rings (SSSR count). The second-order valence-electron chi connectivity index (χ2n) is 6.63. The monoisotopic (exact) mass is 397 g/mol. The summed E-state index contributed by atoms with van der Waals surface area (Å²) in [5.74, 6) is -1.31. The van der Waals surface area contributed by atoms with Crippen molar-refractivity contribution in [3.8, 4) is 16.3 Å². The zero-order valence-corrected chi connectivity index (χ0v) is 16.0. The van der Waals surface area contributed by atoms with E-state index in [1.54, 1.807) is 17.8 Å². The number of morpholine rings is 1. The summed E-state index contributed by atoms with van der Waals surface area (Å²) >= 11 is 1.50. The Kier molecular flexibility index (Phi) is 4.97. The van der Waals surface area contributed by atoms with Crippen molar-refractivity contribution in [1.29, 1.82) is 0 Å². The molecule has 8 heteroatoms.